The van der Waals surface area contributed by atoms with Crippen LogP contribution in [-0.4, -0.2) is 24.1 Å². The van der Waals surface area contributed by atoms with Crippen LogP contribution < -0.4 is 10.6 Å². The number of H-pyrrole nitrogens is 1. The van der Waals surface area contributed by atoms with E-state index < -0.39 is 0 Å². The monoisotopic (exact) mass is 301 g/mol. The largest absolute Gasteiger partial charge is 0.358 e. The molecular formula is C18H27N3O. The van der Waals surface area contributed by atoms with E-state index in [9.17, 15) is 4.79 Å². The Morgan fingerprint density at radius 2 is 1.82 bits per heavy atom. The van der Waals surface area contributed by atoms with Gasteiger partial charge in [0.15, 0.2) is 0 Å². The van der Waals surface area contributed by atoms with Gasteiger partial charge in [0.05, 0.1) is 0 Å². The van der Waals surface area contributed by atoms with Gasteiger partial charge in [0, 0.05) is 29.7 Å². The van der Waals surface area contributed by atoms with E-state index in [0.29, 0.717) is 13.1 Å². The second-order valence-electron chi connectivity index (χ2n) is 7.02. The molecular weight excluding hydrogens is 274 g/mol. The molecule has 0 radical (unpaired) electrons. The van der Waals surface area contributed by atoms with Crippen LogP contribution in [0.4, 0.5) is 4.79 Å². The fraction of sp³-hybridized carbons (Fsp3) is 0.500. The number of benzene rings is 1. The molecule has 0 aliphatic heterocycles. The van der Waals surface area contributed by atoms with Crippen LogP contribution in [0, 0.1) is 12.3 Å². The summed E-state index contributed by atoms with van der Waals surface area (Å²) in [6, 6.07) is 8.20. The van der Waals surface area contributed by atoms with E-state index in [1.807, 2.05) is 12.1 Å². The lowest BCUT2D eigenvalue weighted by molar-refractivity contribution is 0.239. The van der Waals surface area contributed by atoms with E-state index in [2.05, 4.69) is 55.4 Å². The van der Waals surface area contributed by atoms with E-state index in [1.54, 1.807) is 0 Å². The molecule has 1 aromatic heterocycles. The molecule has 2 amide bonds. The zero-order valence-corrected chi connectivity index (χ0v) is 14.0. The first-order valence-electron chi connectivity index (χ1n) is 7.95. The number of amides is 2. The molecule has 1 heterocycles. The molecule has 0 bridgehead atoms. The van der Waals surface area contributed by atoms with E-state index in [4.69, 9.17) is 0 Å². The van der Waals surface area contributed by atoms with Gasteiger partial charge in [-0.25, -0.2) is 4.79 Å². The van der Waals surface area contributed by atoms with Crippen molar-refractivity contribution >= 4 is 16.9 Å². The molecule has 120 valence electrons. The minimum atomic E-state index is -0.0817. The second-order valence-corrected chi connectivity index (χ2v) is 7.02. The van der Waals surface area contributed by atoms with Crippen LogP contribution in [0.3, 0.4) is 0 Å². The van der Waals surface area contributed by atoms with Crippen LogP contribution in [0.2, 0.25) is 0 Å². The van der Waals surface area contributed by atoms with Crippen molar-refractivity contribution in [3.8, 4) is 0 Å². The third kappa shape index (κ3) is 4.52. The van der Waals surface area contributed by atoms with Gasteiger partial charge in [0.1, 0.15) is 0 Å². The number of hydrogen-bond donors (Lipinski definition) is 3. The number of nitrogens with one attached hydrogen (secondary N) is 3. The maximum absolute atomic E-state index is 11.8. The van der Waals surface area contributed by atoms with Crippen LogP contribution in [0.1, 0.15) is 38.4 Å². The highest BCUT2D eigenvalue weighted by molar-refractivity contribution is 5.84. The van der Waals surface area contributed by atoms with Crippen molar-refractivity contribution in [2.75, 3.05) is 13.1 Å². The number of fused-ring (bicyclic) bond motifs is 1. The fourth-order valence-corrected chi connectivity index (χ4v) is 2.57. The first-order chi connectivity index (χ1) is 10.4. The van der Waals surface area contributed by atoms with Crippen LogP contribution in [0.5, 0.6) is 0 Å². The van der Waals surface area contributed by atoms with E-state index in [0.717, 1.165) is 18.4 Å². The van der Waals surface area contributed by atoms with Crippen molar-refractivity contribution in [3.05, 3.63) is 35.5 Å². The molecule has 1 aromatic carbocycles. The summed E-state index contributed by atoms with van der Waals surface area (Å²) in [5.74, 6) is 0. The van der Waals surface area contributed by atoms with Crippen LogP contribution in [0.15, 0.2) is 24.3 Å². The van der Waals surface area contributed by atoms with Gasteiger partial charge in [0.25, 0.3) is 0 Å². The van der Waals surface area contributed by atoms with Gasteiger partial charge in [-0.2, -0.15) is 0 Å². The molecule has 2 rings (SSSR count). The van der Waals surface area contributed by atoms with Crippen molar-refractivity contribution in [2.45, 2.75) is 40.5 Å². The summed E-state index contributed by atoms with van der Waals surface area (Å²) in [6.45, 7) is 9.95. The summed E-state index contributed by atoms with van der Waals surface area (Å²) in [7, 11) is 0. The number of carbonyl (C=O) groups excluding carboxylic acids is 1. The summed E-state index contributed by atoms with van der Waals surface area (Å²) in [5.41, 5.74) is 3.86. The second kappa shape index (κ2) is 6.86. The fourth-order valence-electron chi connectivity index (χ4n) is 2.57. The number of aryl methyl sites for hydroxylation is 1. The summed E-state index contributed by atoms with van der Waals surface area (Å²) in [6.07, 6.45) is 1.81. The normalized spacial score (nSPS) is 11.6. The Bertz CT molecular complexity index is 637. The highest BCUT2D eigenvalue weighted by Gasteiger charge is 2.11. The Labute approximate surface area is 132 Å². The average Bonchev–Trinajstić information content (AvgIpc) is 2.74. The average molecular weight is 301 g/mol. The quantitative estimate of drug-likeness (QED) is 0.774. The van der Waals surface area contributed by atoms with Gasteiger partial charge in [-0.3, -0.25) is 0 Å². The molecule has 0 fully saturated rings. The number of aromatic amines is 1. The smallest absolute Gasteiger partial charge is 0.314 e. The lowest BCUT2D eigenvalue weighted by Crippen LogP contribution is -2.38. The molecule has 4 heteroatoms. The molecule has 0 aliphatic carbocycles. The molecule has 3 N–H and O–H groups in total. The molecule has 0 saturated heterocycles. The Kier molecular flexibility index (Phi) is 5.11. The summed E-state index contributed by atoms with van der Waals surface area (Å²) >= 11 is 0. The third-order valence-corrected chi connectivity index (χ3v) is 3.85. The molecule has 0 aliphatic rings. The molecule has 4 nitrogen and oxygen atoms in total. The molecule has 0 atom stereocenters. The Morgan fingerprint density at radius 3 is 2.55 bits per heavy atom. The SMILES string of the molecule is Cc1[nH]c2ccccc2c1CCNC(=O)NCCC(C)(C)C. The zero-order chi connectivity index (χ0) is 16.2. The number of urea groups is 1. The van der Waals surface area contributed by atoms with Gasteiger partial charge in [-0.05, 0) is 36.8 Å². The predicted octanol–water partition coefficient (Wildman–Crippen LogP) is 3.75. The van der Waals surface area contributed by atoms with Crippen molar-refractivity contribution in [3.63, 3.8) is 0 Å². The van der Waals surface area contributed by atoms with Crippen molar-refractivity contribution < 1.29 is 4.79 Å². The highest BCUT2D eigenvalue weighted by atomic mass is 16.2. The van der Waals surface area contributed by atoms with E-state index >= 15 is 0 Å². The van der Waals surface area contributed by atoms with Gasteiger partial charge >= 0.3 is 6.03 Å². The Hall–Kier alpha value is -1.97. The standard InChI is InChI=1S/C18H27N3O/c1-13-14(15-7-5-6-8-16(15)21-13)9-11-19-17(22)20-12-10-18(2,3)4/h5-8,21H,9-12H2,1-4H3,(H2,19,20,22). The molecule has 0 saturated carbocycles. The molecule has 0 spiro atoms. The Morgan fingerprint density at radius 1 is 1.14 bits per heavy atom. The zero-order valence-electron chi connectivity index (χ0n) is 14.0. The molecule has 22 heavy (non-hydrogen) atoms. The molecule has 0 unspecified atom stereocenters. The maximum atomic E-state index is 11.8. The van der Waals surface area contributed by atoms with Crippen molar-refractivity contribution in [1.29, 1.82) is 0 Å². The van der Waals surface area contributed by atoms with Gasteiger partial charge in [0.2, 0.25) is 0 Å². The van der Waals surface area contributed by atoms with Crippen molar-refractivity contribution in [2.24, 2.45) is 5.41 Å². The van der Waals surface area contributed by atoms with Gasteiger partial charge < -0.3 is 15.6 Å². The number of rotatable bonds is 5. The minimum absolute atomic E-state index is 0.0817. The lowest BCUT2D eigenvalue weighted by atomic mass is 9.92. The number of para-hydroxylation sites is 1. The van der Waals surface area contributed by atoms with Crippen LogP contribution in [-0.2, 0) is 6.42 Å². The highest BCUT2D eigenvalue weighted by Crippen LogP contribution is 2.21. The van der Waals surface area contributed by atoms with E-state index in [-0.39, 0.29) is 11.4 Å². The first-order valence-corrected chi connectivity index (χ1v) is 7.95. The number of hydrogen-bond acceptors (Lipinski definition) is 1. The predicted molar refractivity (Wildman–Crippen MR) is 92.2 cm³/mol. The van der Waals surface area contributed by atoms with Crippen LogP contribution in [0.25, 0.3) is 10.9 Å². The Balaban J connectivity index is 1.80. The maximum Gasteiger partial charge on any atom is 0.314 e. The number of aromatic nitrogens is 1. The first kappa shape index (κ1) is 16.4. The lowest BCUT2D eigenvalue weighted by Gasteiger charge is -2.18. The van der Waals surface area contributed by atoms with E-state index in [1.165, 1.54) is 16.6 Å². The van der Waals surface area contributed by atoms with Gasteiger partial charge in [-0.15, -0.1) is 0 Å². The van der Waals surface area contributed by atoms with Gasteiger partial charge in [-0.1, -0.05) is 39.0 Å². The minimum Gasteiger partial charge on any atom is -0.358 e. The molecule has 2 aromatic rings. The summed E-state index contributed by atoms with van der Waals surface area (Å²) in [5, 5.41) is 7.09. The topological polar surface area (TPSA) is 56.9 Å². The number of carbonyl (C=O) groups is 1. The van der Waals surface area contributed by atoms with Crippen molar-refractivity contribution in [1.82, 2.24) is 15.6 Å². The summed E-state index contributed by atoms with van der Waals surface area (Å²) < 4.78 is 0. The van der Waals surface area contributed by atoms with Crippen LogP contribution >= 0.6 is 0 Å². The third-order valence-electron chi connectivity index (χ3n) is 3.85. The summed E-state index contributed by atoms with van der Waals surface area (Å²) in [4.78, 5) is 15.2.